The summed E-state index contributed by atoms with van der Waals surface area (Å²) in [5, 5.41) is 3.20. The van der Waals surface area contributed by atoms with E-state index < -0.39 is 0 Å². The van der Waals surface area contributed by atoms with E-state index in [-0.39, 0.29) is 5.82 Å². The highest BCUT2D eigenvalue weighted by atomic mass is 19.1. The number of anilines is 2. The summed E-state index contributed by atoms with van der Waals surface area (Å²) in [4.78, 5) is 22.7. The van der Waals surface area contributed by atoms with Gasteiger partial charge in [-0.3, -0.25) is 4.99 Å². The smallest absolute Gasteiger partial charge is 0.233 e. The number of piperazine rings is 1. The summed E-state index contributed by atoms with van der Waals surface area (Å²) in [6.07, 6.45) is 5.67. The van der Waals surface area contributed by atoms with Gasteiger partial charge in [-0.25, -0.2) is 4.39 Å². The molecule has 0 saturated carbocycles. The molecule has 7 nitrogen and oxygen atoms in total. The number of benzene rings is 1. The fourth-order valence-corrected chi connectivity index (χ4v) is 3.13. The zero-order valence-electron chi connectivity index (χ0n) is 16.6. The number of hydrogen-bond donors (Lipinski definition) is 1. The highest BCUT2D eigenvalue weighted by Crippen LogP contribution is 2.16. The Balaban J connectivity index is 1.61. The first-order chi connectivity index (χ1) is 14.0. The van der Waals surface area contributed by atoms with Gasteiger partial charge >= 0.3 is 0 Å². The maximum absolute atomic E-state index is 13.1. The molecule has 0 atom stereocenters. The van der Waals surface area contributed by atoms with Gasteiger partial charge in [0.1, 0.15) is 11.7 Å². The van der Waals surface area contributed by atoms with Crippen LogP contribution in [0.25, 0.3) is 12.2 Å². The van der Waals surface area contributed by atoms with E-state index in [1.165, 1.54) is 17.7 Å². The van der Waals surface area contributed by atoms with Crippen LogP contribution in [0, 0.1) is 5.82 Å². The predicted octanol–water partition coefficient (Wildman–Crippen LogP) is 2.70. The van der Waals surface area contributed by atoms with Crippen LogP contribution in [-0.2, 0) is 0 Å². The van der Waals surface area contributed by atoms with Crippen LogP contribution in [0.5, 0.6) is 0 Å². The maximum Gasteiger partial charge on any atom is 0.233 e. The number of amidine groups is 1. The van der Waals surface area contributed by atoms with Gasteiger partial charge in [0.25, 0.3) is 0 Å². The van der Waals surface area contributed by atoms with Crippen molar-refractivity contribution in [3.8, 4) is 0 Å². The third kappa shape index (κ3) is 5.03. The molecule has 2 aliphatic rings. The minimum atomic E-state index is -0.258. The fraction of sp³-hybridized carbons (Fsp3) is 0.333. The molecule has 1 fully saturated rings. The summed E-state index contributed by atoms with van der Waals surface area (Å²) in [6, 6.07) is 6.30. The number of likely N-dealkylation sites (N-methyl/N-ethyl adjacent to an activating group) is 1. The van der Waals surface area contributed by atoms with Crippen LogP contribution in [0.3, 0.4) is 0 Å². The van der Waals surface area contributed by atoms with E-state index >= 15 is 0 Å². The van der Waals surface area contributed by atoms with Crippen LogP contribution < -0.4 is 10.2 Å². The summed E-state index contributed by atoms with van der Waals surface area (Å²) >= 11 is 0. The van der Waals surface area contributed by atoms with Crippen molar-refractivity contribution in [1.29, 1.82) is 0 Å². The molecule has 2 aliphatic heterocycles. The molecule has 3 heterocycles. The molecule has 0 unspecified atom stereocenters. The normalized spacial score (nSPS) is 17.6. The molecule has 8 heteroatoms. The topological polar surface area (TPSA) is 69.5 Å². The molecule has 0 amide bonds. The van der Waals surface area contributed by atoms with Crippen molar-refractivity contribution in [2.45, 2.75) is 6.92 Å². The molecular weight excluding hydrogens is 369 g/mol. The molecule has 1 aromatic carbocycles. The molecule has 29 heavy (non-hydrogen) atoms. The largest absolute Gasteiger partial charge is 0.338 e. The van der Waals surface area contributed by atoms with Crippen LogP contribution in [0.4, 0.5) is 16.3 Å². The Labute approximate surface area is 169 Å². The second kappa shape index (κ2) is 8.48. The van der Waals surface area contributed by atoms with Crippen LogP contribution >= 0.6 is 0 Å². The molecular formula is C21H24FN7. The minimum absolute atomic E-state index is 0.258. The molecule has 4 rings (SSSR count). The lowest BCUT2D eigenvalue weighted by Crippen LogP contribution is -2.45. The van der Waals surface area contributed by atoms with E-state index in [9.17, 15) is 4.39 Å². The average molecular weight is 393 g/mol. The number of aromatic nitrogens is 3. The Hall–Kier alpha value is -3.13. The van der Waals surface area contributed by atoms with Gasteiger partial charge in [-0.2, -0.15) is 15.0 Å². The Kier molecular flexibility index (Phi) is 5.62. The van der Waals surface area contributed by atoms with Gasteiger partial charge < -0.3 is 15.1 Å². The van der Waals surface area contributed by atoms with Crippen molar-refractivity contribution >= 4 is 29.9 Å². The third-order valence-corrected chi connectivity index (χ3v) is 4.84. The molecule has 1 aromatic heterocycles. The van der Waals surface area contributed by atoms with Crippen molar-refractivity contribution in [3.05, 3.63) is 53.1 Å². The predicted molar refractivity (Wildman–Crippen MR) is 115 cm³/mol. The van der Waals surface area contributed by atoms with Crippen molar-refractivity contribution in [3.63, 3.8) is 0 Å². The zero-order valence-corrected chi connectivity index (χ0v) is 16.6. The van der Waals surface area contributed by atoms with Crippen LogP contribution in [0.1, 0.15) is 18.3 Å². The summed E-state index contributed by atoms with van der Waals surface area (Å²) in [7, 11) is 2.11. The highest BCUT2D eigenvalue weighted by Gasteiger charge is 2.18. The van der Waals surface area contributed by atoms with E-state index in [2.05, 4.69) is 42.1 Å². The number of hydrogen-bond acceptors (Lipinski definition) is 7. The van der Waals surface area contributed by atoms with E-state index in [1.54, 1.807) is 12.1 Å². The maximum atomic E-state index is 13.1. The molecule has 0 bridgehead atoms. The summed E-state index contributed by atoms with van der Waals surface area (Å²) < 4.78 is 13.1. The molecule has 1 saturated heterocycles. The monoisotopic (exact) mass is 393 g/mol. The van der Waals surface area contributed by atoms with Gasteiger partial charge in [0, 0.05) is 26.2 Å². The van der Waals surface area contributed by atoms with Gasteiger partial charge in [-0.15, -0.1) is 0 Å². The van der Waals surface area contributed by atoms with Gasteiger partial charge in [0.2, 0.25) is 11.9 Å². The SMILES string of the molecule is CC1=CC(Nc2nc(/C=C/c3ccc(F)cc3)nc(N3CCN(C)CC3)n2)=NC1. The first-order valence-corrected chi connectivity index (χ1v) is 9.67. The molecule has 0 radical (unpaired) electrons. The van der Waals surface area contributed by atoms with Gasteiger partial charge in [0.15, 0.2) is 5.82 Å². The van der Waals surface area contributed by atoms with E-state index in [0.29, 0.717) is 24.3 Å². The standard InChI is InChI=1S/C21H24FN7/c1-15-13-19(23-14-15)25-20-24-18(8-5-16-3-6-17(22)7-4-16)26-21(27-20)29-11-9-28(2)10-12-29/h3-8,13H,9-12,14H2,1-2H3,(H,23,24,25,26,27)/b8-5+. The van der Waals surface area contributed by atoms with Crippen LogP contribution in [0.15, 0.2) is 40.9 Å². The lowest BCUT2D eigenvalue weighted by Gasteiger charge is -2.32. The summed E-state index contributed by atoms with van der Waals surface area (Å²) in [5.74, 6) is 2.16. The quantitative estimate of drug-likeness (QED) is 0.861. The Bertz CT molecular complexity index is 957. The third-order valence-electron chi connectivity index (χ3n) is 4.84. The summed E-state index contributed by atoms with van der Waals surface area (Å²) in [6.45, 7) is 6.38. The highest BCUT2D eigenvalue weighted by molar-refractivity contribution is 6.04. The number of aliphatic imine (C=N–C) groups is 1. The Morgan fingerprint density at radius 3 is 2.45 bits per heavy atom. The molecule has 2 aromatic rings. The molecule has 1 N–H and O–H groups in total. The van der Waals surface area contributed by atoms with E-state index in [0.717, 1.165) is 37.6 Å². The minimum Gasteiger partial charge on any atom is -0.338 e. The van der Waals surface area contributed by atoms with Gasteiger partial charge in [-0.05, 0) is 49.4 Å². The zero-order chi connectivity index (χ0) is 20.2. The lowest BCUT2D eigenvalue weighted by atomic mass is 10.2. The van der Waals surface area contributed by atoms with E-state index in [4.69, 9.17) is 0 Å². The number of rotatable bonds is 4. The second-order valence-electron chi connectivity index (χ2n) is 7.31. The lowest BCUT2D eigenvalue weighted by molar-refractivity contribution is 0.311. The molecule has 0 aliphatic carbocycles. The average Bonchev–Trinajstić information content (AvgIpc) is 3.12. The van der Waals surface area contributed by atoms with Crippen LogP contribution in [-0.4, -0.2) is 65.5 Å². The number of halogens is 1. The van der Waals surface area contributed by atoms with E-state index in [1.807, 2.05) is 25.2 Å². The first kappa shape index (κ1) is 19.2. The fourth-order valence-electron chi connectivity index (χ4n) is 3.13. The molecule has 150 valence electrons. The second-order valence-corrected chi connectivity index (χ2v) is 7.31. The van der Waals surface area contributed by atoms with Crippen molar-refractivity contribution in [2.24, 2.45) is 4.99 Å². The summed E-state index contributed by atoms with van der Waals surface area (Å²) in [5.41, 5.74) is 2.07. The number of nitrogens with one attached hydrogen (secondary N) is 1. The Morgan fingerprint density at radius 1 is 1.00 bits per heavy atom. The van der Waals surface area contributed by atoms with Crippen molar-refractivity contribution < 1.29 is 4.39 Å². The first-order valence-electron chi connectivity index (χ1n) is 9.67. The van der Waals surface area contributed by atoms with Crippen molar-refractivity contribution in [1.82, 2.24) is 19.9 Å². The number of nitrogens with zero attached hydrogens (tertiary/aromatic N) is 6. The van der Waals surface area contributed by atoms with Crippen LogP contribution in [0.2, 0.25) is 0 Å². The Morgan fingerprint density at radius 2 is 1.76 bits per heavy atom. The van der Waals surface area contributed by atoms with Gasteiger partial charge in [-0.1, -0.05) is 18.2 Å². The van der Waals surface area contributed by atoms with Gasteiger partial charge in [0.05, 0.1) is 6.54 Å². The van der Waals surface area contributed by atoms with Crippen molar-refractivity contribution in [2.75, 3.05) is 50.0 Å². The molecule has 0 spiro atoms.